The number of carbonyl (C=O) groups is 3. The van der Waals surface area contributed by atoms with Gasteiger partial charge in [-0.05, 0) is 61.8 Å². The normalized spacial score (nSPS) is 16.8. The summed E-state index contributed by atoms with van der Waals surface area (Å²) < 4.78 is 5.56. The zero-order valence-corrected chi connectivity index (χ0v) is 19.2. The highest BCUT2D eigenvalue weighted by Gasteiger charge is 2.46. The Labute approximate surface area is 193 Å². The van der Waals surface area contributed by atoms with Gasteiger partial charge in [0.05, 0.1) is 12.0 Å². The Morgan fingerprint density at radius 3 is 2.00 bits per heavy atom. The van der Waals surface area contributed by atoms with Crippen LogP contribution in [0.1, 0.15) is 57.1 Å². The van der Waals surface area contributed by atoms with Gasteiger partial charge in [-0.3, -0.25) is 9.59 Å². The summed E-state index contributed by atoms with van der Waals surface area (Å²) in [5.74, 6) is -1.35. The van der Waals surface area contributed by atoms with Crippen molar-refractivity contribution in [3.05, 3.63) is 59.7 Å². The molecule has 33 heavy (non-hydrogen) atoms. The Kier molecular flexibility index (Phi) is 5.91. The molecule has 0 radical (unpaired) electrons. The van der Waals surface area contributed by atoms with Crippen LogP contribution in [0.25, 0.3) is 11.1 Å². The Bertz CT molecular complexity index is 1050. The number of hydrogen-bond acceptors (Lipinski definition) is 4. The number of hydrogen-bond donors (Lipinski definition) is 3. The molecule has 0 aromatic heterocycles. The van der Waals surface area contributed by atoms with Crippen molar-refractivity contribution in [3.63, 3.8) is 0 Å². The Balaban J connectivity index is 1.39. The quantitative estimate of drug-likeness (QED) is 0.563. The lowest BCUT2D eigenvalue weighted by Crippen LogP contribution is -2.61. The molecule has 174 valence electrons. The summed E-state index contributed by atoms with van der Waals surface area (Å²) in [6.07, 6.45) is 0.905. The summed E-state index contributed by atoms with van der Waals surface area (Å²) in [5.41, 5.74) is 2.38. The fourth-order valence-electron chi connectivity index (χ4n) is 4.69. The van der Waals surface area contributed by atoms with E-state index in [0.717, 1.165) is 35.1 Å². The minimum absolute atomic E-state index is 0.0752. The first-order chi connectivity index (χ1) is 15.6. The first-order valence-electron chi connectivity index (χ1n) is 11.3. The van der Waals surface area contributed by atoms with Gasteiger partial charge in [-0.1, -0.05) is 48.5 Å². The molecular weight excluding hydrogens is 420 g/mol. The van der Waals surface area contributed by atoms with Gasteiger partial charge in [0.1, 0.15) is 12.1 Å². The average Bonchev–Trinajstić information content (AvgIpc) is 3.56. The number of carboxylic acid groups (broad SMARTS) is 1. The zero-order chi connectivity index (χ0) is 23.8. The molecule has 0 bridgehead atoms. The number of benzene rings is 2. The predicted octanol–water partition coefficient (Wildman–Crippen LogP) is 4.06. The molecule has 0 aliphatic heterocycles. The lowest BCUT2D eigenvalue weighted by molar-refractivity contribution is -0.139. The predicted molar refractivity (Wildman–Crippen MR) is 124 cm³/mol. The molecule has 0 saturated heterocycles. The SMILES string of the molecule is CC(C)(NC(=O)OCC1c2ccccc2-c2ccccc21)C(=O)NC(C)(CC(=O)O)C1CC1. The van der Waals surface area contributed by atoms with E-state index in [1.54, 1.807) is 20.8 Å². The molecule has 7 heteroatoms. The average molecular weight is 451 g/mol. The van der Waals surface area contributed by atoms with Crippen LogP contribution in [0.4, 0.5) is 4.79 Å². The minimum Gasteiger partial charge on any atom is -0.481 e. The molecule has 1 fully saturated rings. The maximum atomic E-state index is 12.9. The highest BCUT2D eigenvalue weighted by molar-refractivity contribution is 5.90. The van der Waals surface area contributed by atoms with E-state index in [1.165, 1.54) is 0 Å². The van der Waals surface area contributed by atoms with Crippen molar-refractivity contribution in [1.29, 1.82) is 0 Å². The summed E-state index contributed by atoms with van der Waals surface area (Å²) in [6, 6.07) is 16.1. The zero-order valence-electron chi connectivity index (χ0n) is 19.2. The third kappa shape index (κ3) is 4.72. The second kappa shape index (κ2) is 8.54. The second-order valence-electron chi connectivity index (χ2n) is 9.79. The van der Waals surface area contributed by atoms with Crippen molar-refractivity contribution in [1.82, 2.24) is 10.6 Å². The number of fused-ring (bicyclic) bond motifs is 3. The van der Waals surface area contributed by atoms with Gasteiger partial charge in [-0.2, -0.15) is 0 Å². The van der Waals surface area contributed by atoms with Gasteiger partial charge < -0.3 is 20.5 Å². The molecule has 4 rings (SSSR count). The topological polar surface area (TPSA) is 105 Å². The summed E-state index contributed by atoms with van der Waals surface area (Å²) in [6.45, 7) is 5.06. The number of aliphatic carboxylic acids is 1. The van der Waals surface area contributed by atoms with Gasteiger partial charge >= 0.3 is 12.1 Å². The van der Waals surface area contributed by atoms with Crippen LogP contribution in [-0.4, -0.2) is 40.8 Å². The van der Waals surface area contributed by atoms with Gasteiger partial charge in [0, 0.05) is 5.92 Å². The van der Waals surface area contributed by atoms with Crippen molar-refractivity contribution >= 4 is 18.0 Å². The number of nitrogens with one attached hydrogen (secondary N) is 2. The molecule has 1 unspecified atom stereocenters. The van der Waals surface area contributed by atoms with E-state index in [9.17, 15) is 19.5 Å². The van der Waals surface area contributed by atoms with E-state index in [2.05, 4.69) is 22.8 Å². The van der Waals surface area contributed by atoms with E-state index < -0.39 is 29.0 Å². The Hall–Kier alpha value is -3.35. The van der Waals surface area contributed by atoms with Crippen LogP contribution in [-0.2, 0) is 14.3 Å². The van der Waals surface area contributed by atoms with E-state index in [1.807, 2.05) is 36.4 Å². The van der Waals surface area contributed by atoms with Crippen molar-refractivity contribution in [3.8, 4) is 11.1 Å². The molecule has 0 heterocycles. The van der Waals surface area contributed by atoms with Gasteiger partial charge in [-0.15, -0.1) is 0 Å². The summed E-state index contributed by atoms with van der Waals surface area (Å²) in [5, 5.41) is 14.8. The smallest absolute Gasteiger partial charge is 0.408 e. The van der Waals surface area contributed by atoms with Crippen LogP contribution in [0, 0.1) is 5.92 Å². The molecule has 3 N–H and O–H groups in total. The molecule has 1 atom stereocenters. The molecule has 1 saturated carbocycles. The lowest BCUT2D eigenvalue weighted by Gasteiger charge is -2.34. The van der Waals surface area contributed by atoms with Gasteiger partial charge in [0.15, 0.2) is 0 Å². The third-order valence-corrected chi connectivity index (χ3v) is 6.72. The minimum atomic E-state index is -1.27. The van der Waals surface area contributed by atoms with Crippen molar-refractivity contribution in [2.45, 2.75) is 57.0 Å². The molecular formula is C26H30N2O5. The summed E-state index contributed by atoms with van der Waals surface area (Å²) in [7, 11) is 0. The maximum absolute atomic E-state index is 12.9. The highest BCUT2D eigenvalue weighted by atomic mass is 16.5. The number of amides is 2. The van der Waals surface area contributed by atoms with Crippen LogP contribution >= 0.6 is 0 Å². The number of ether oxygens (including phenoxy) is 1. The van der Waals surface area contributed by atoms with Gasteiger partial charge in [0.2, 0.25) is 5.91 Å². The standard InChI is InChI=1S/C26H30N2O5/c1-25(2,23(31)27-26(3,14-22(29)30)16-12-13-16)28-24(32)33-15-21-19-10-6-4-8-17(19)18-9-5-7-11-20(18)21/h4-11,16,21H,12-15H2,1-3H3,(H,27,31)(H,28,32)(H,29,30). The molecule has 2 aromatic rings. The van der Waals surface area contributed by atoms with Crippen molar-refractivity contribution in [2.24, 2.45) is 5.92 Å². The number of rotatable bonds is 8. The number of alkyl carbamates (subject to hydrolysis) is 1. The van der Waals surface area contributed by atoms with E-state index in [4.69, 9.17) is 4.74 Å². The maximum Gasteiger partial charge on any atom is 0.408 e. The van der Waals surface area contributed by atoms with Gasteiger partial charge in [0.25, 0.3) is 0 Å². The van der Waals surface area contributed by atoms with E-state index in [0.29, 0.717) is 0 Å². The molecule has 7 nitrogen and oxygen atoms in total. The first kappa shape index (κ1) is 22.8. The first-order valence-corrected chi connectivity index (χ1v) is 11.3. The molecule has 2 aliphatic carbocycles. The molecule has 0 spiro atoms. The van der Waals surface area contributed by atoms with Crippen LogP contribution in [0.3, 0.4) is 0 Å². The van der Waals surface area contributed by atoms with Crippen LogP contribution < -0.4 is 10.6 Å². The van der Waals surface area contributed by atoms with Crippen molar-refractivity contribution in [2.75, 3.05) is 6.61 Å². The van der Waals surface area contributed by atoms with Crippen molar-refractivity contribution < 1.29 is 24.2 Å². The molecule has 2 amide bonds. The fraction of sp³-hybridized carbons (Fsp3) is 0.423. The molecule has 2 aliphatic rings. The largest absolute Gasteiger partial charge is 0.481 e. The second-order valence-corrected chi connectivity index (χ2v) is 9.79. The summed E-state index contributed by atoms with van der Waals surface area (Å²) in [4.78, 5) is 36.9. The van der Waals surface area contributed by atoms with Crippen LogP contribution in [0.15, 0.2) is 48.5 Å². The molecule has 2 aromatic carbocycles. The lowest BCUT2D eigenvalue weighted by atomic mass is 9.90. The number of carbonyl (C=O) groups excluding carboxylic acids is 2. The Morgan fingerprint density at radius 2 is 1.48 bits per heavy atom. The van der Waals surface area contributed by atoms with Gasteiger partial charge in [-0.25, -0.2) is 4.79 Å². The van der Waals surface area contributed by atoms with E-state index in [-0.39, 0.29) is 24.9 Å². The van der Waals surface area contributed by atoms with Crippen LogP contribution in [0.5, 0.6) is 0 Å². The third-order valence-electron chi connectivity index (χ3n) is 6.72. The van der Waals surface area contributed by atoms with Crippen LogP contribution in [0.2, 0.25) is 0 Å². The summed E-state index contributed by atoms with van der Waals surface area (Å²) >= 11 is 0. The number of carboxylic acids is 1. The monoisotopic (exact) mass is 450 g/mol. The fourth-order valence-corrected chi connectivity index (χ4v) is 4.69. The van der Waals surface area contributed by atoms with E-state index >= 15 is 0 Å². The Morgan fingerprint density at radius 1 is 0.939 bits per heavy atom. The highest BCUT2D eigenvalue weighted by Crippen LogP contribution is 2.44.